The Hall–Kier alpha value is -0.120. The van der Waals surface area contributed by atoms with E-state index >= 15 is 0 Å². The fourth-order valence-electron chi connectivity index (χ4n) is 2.53. The summed E-state index contributed by atoms with van der Waals surface area (Å²) in [7, 11) is 0. The van der Waals surface area contributed by atoms with Crippen LogP contribution in [0.1, 0.15) is 46.0 Å². The van der Waals surface area contributed by atoms with Crippen LogP contribution in [0.2, 0.25) is 0 Å². The zero-order valence-corrected chi connectivity index (χ0v) is 9.03. The summed E-state index contributed by atoms with van der Waals surface area (Å²) in [6.45, 7) is 4.13. The number of hydrogen-bond acceptors (Lipinski definition) is 3. The van der Waals surface area contributed by atoms with Crippen LogP contribution < -0.4 is 0 Å². The first kappa shape index (κ1) is 10.4. The summed E-state index contributed by atoms with van der Waals surface area (Å²) in [4.78, 5) is 0. The summed E-state index contributed by atoms with van der Waals surface area (Å²) in [5, 5.41) is 10.3. The maximum absolute atomic E-state index is 10.3. The molecular weight excluding hydrogens is 180 g/mol. The molecule has 4 atom stereocenters. The van der Waals surface area contributed by atoms with Crippen molar-refractivity contribution in [3.8, 4) is 0 Å². The third kappa shape index (κ3) is 1.58. The van der Waals surface area contributed by atoms with Gasteiger partial charge in [-0.15, -0.1) is 0 Å². The lowest BCUT2D eigenvalue weighted by Crippen LogP contribution is -2.40. The van der Waals surface area contributed by atoms with Crippen molar-refractivity contribution in [1.29, 1.82) is 0 Å². The topological polar surface area (TPSA) is 38.7 Å². The molecule has 1 saturated carbocycles. The second kappa shape index (κ2) is 3.80. The average molecular weight is 200 g/mol. The van der Waals surface area contributed by atoms with Gasteiger partial charge in [-0.05, 0) is 25.7 Å². The Bertz CT molecular complexity index is 207. The van der Waals surface area contributed by atoms with Gasteiger partial charge in [0.1, 0.15) is 6.10 Å². The van der Waals surface area contributed by atoms with E-state index in [-0.39, 0.29) is 18.5 Å². The molecule has 0 aromatic heterocycles. The maximum Gasteiger partial charge on any atom is 0.158 e. The van der Waals surface area contributed by atoms with E-state index in [1.54, 1.807) is 0 Å². The van der Waals surface area contributed by atoms with Gasteiger partial charge in [-0.1, -0.05) is 20.3 Å². The summed E-state index contributed by atoms with van der Waals surface area (Å²) in [5.41, 5.74) is -0.632. The monoisotopic (exact) mass is 200 g/mol. The molecule has 0 bridgehead atoms. The molecule has 3 nitrogen and oxygen atoms in total. The predicted molar refractivity (Wildman–Crippen MR) is 52.9 cm³/mol. The van der Waals surface area contributed by atoms with Gasteiger partial charge in [-0.3, -0.25) is 0 Å². The summed E-state index contributed by atoms with van der Waals surface area (Å²) < 4.78 is 11.5. The molecule has 0 aromatic carbocycles. The Morgan fingerprint density at radius 2 is 2.14 bits per heavy atom. The minimum absolute atomic E-state index is 0.0756. The smallest absolute Gasteiger partial charge is 0.158 e. The highest BCUT2D eigenvalue weighted by molar-refractivity contribution is 5.01. The second-order valence-corrected chi connectivity index (χ2v) is 4.45. The first-order chi connectivity index (χ1) is 6.69. The maximum atomic E-state index is 10.3. The third-order valence-electron chi connectivity index (χ3n) is 3.49. The molecule has 1 aliphatic heterocycles. The van der Waals surface area contributed by atoms with E-state index in [9.17, 15) is 5.11 Å². The highest BCUT2D eigenvalue weighted by Crippen LogP contribution is 2.42. The van der Waals surface area contributed by atoms with Crippen LogP contribution in [-0.2, 0) is 9.47 Å². The van der Waals surface area contributed by atoms with Crippen LogP contribution in [0.3, 0.4) is 0 Å². The number of hydrogen-bond donors (Lipinski definition) is 1. The molecule has 82 valence electrons. The number of rotatable bonds is 3. The van der Waals surface area contributed by atoms with E-state index in [1.165, 1.54) is 0 Å². The van der Waals surface area contributed by atoms with Crippen LogP contribution in [0.4, 0.5) is 0 Å². The van der Waals surface area contributed by atoms with Crippen molar-refractivity contribution < 1.29 is 14.6 Å². The van der Waals surface area contributed by atoms with Crippen molar-refractivity contribution in [2.24, 2.45) is 0 Å². The minimum atomic E-state index is -0.632. The Balaban J connectivity index is 1.99. The summed E-state index contributed by atoms with van der Waals surface area (Å²) in [5.74, 6) is 0. The van der Waals surface area contributed by atoms with Crippen LogP contribution in [0.15, 0.2) is 0 Å². The molecule has 2 rings (SSSR count). The van der Waals surface area contributed by atoms with Crippen LogP contribution >= 0.6 is 0 Å². The Morgan fingerprint density at radius 3 is 2.79 bits per heavy atom. The predicted octanol–water partition coefficient (Wildman–Crippen LogP) is 1.83. The van der Waals surface area contributed by atoms with Crippen LogP contribution in [0, 0.1) is 0 Å². The standard InChI is InChI=1S/C11H20O3/c1-3-5-9-13-8-6-7-11(12,4-2)10(8)14-9/h8-10,12H,3-7H2,1-2H3. The second-order valence-electron chi connectivity index (χ2n) is 4.45. The first-order valence-electron chi connectivity index (χ1n) is 5.73. The molecule has 2 aliphatic rings. The summed E-state index contributed by atoms with van der Waals surface area (Å²) in [6, 6.07) is 0. The first-order valence-corrected chi connectivity index (χ1v) is 5.73. The van der Waals surface area contributed by atoms with Crippen molar-refractivity contribution in [2.45, 2.75) is 70.1 Å². The molecule has 1 heterocycles. The van der Waals surface area contributed by atoms with Gasteiger partial charge in [0.15, 0.2) is 6.29 Å². The molecule has 4 unspecified atom stereocenters. The van der Waals surface area contributed by atoms with Gasteiger partial charge < -0.3 is 14.6 Å². The van der Waals surface area contributed by atoms with E-state index in [0.717, 1.165) is 32.1 Å². The van der Waals surface area contributed by atoms with Gasteiger partial charge in [-0.2, -0.15) is 0 Å². The van der Waals surface area contributed by atoms with Crippen molar-refractivity contribution in [2.75, 3.05) is 0 Å². The number of aliphatic hydroxyl groups is 1. The van der Waals surface area contributed by atoms with Crippen molar-refractivity contribution in [1.82, 2.24) is 0 Å². The van der Waals surface area contributed by atoms with E-state index in [1.807, 2.05) is 6.92 Å². The van der Waals surface area contributed by atoms with Crippen molar-refractivity contribution in [3.05, 3.63) is 0 Å². The fourth-order valence-corrected chi connectivity index (χ4v) is 2.53. The van der Waals surface area contributed by atoms with E-state index in [0.29, 0.717) is 0 Å². The van der Waals surface area contributed by atoms with Crippen molar-refractivity contribution in [3.63, 3.8) is 0 Å². The molecule has 3 heteroatoms. The molecular formula is C11H20O3. The molecule has 14 heavy (non-hydrogen) atoms. The quantitative estimate of drug-likeness (QED) is 0.755. The Kier molecular flexibility index (Phi) is 2.82. The Labute approximate surface area is 85.4 Å². The normalized spacial score (nSPS) is 46.9. The van der Waals surface area contributed by atoms with E-state index in [2.05, 4.69) is 6.92 Å². The fraction of sp³-hybridized carbons (Fsp3) is 1.00. The molecule has 0 amide bonds. The zero-order valence-electron chi connectivity index (χ0n) is 9.03. The van der Waals surface area contributed by atoms with Gasteiger partial charge in [0.05, 0.1) is 11.7 Å². The van der Waals surface area contributed by atoms with Gasteiger partial charge in [-0.25, -0.2) is 0 Å². The molecule has 2 fully saturated rings. The lowest BCUT2D eigenvalue weighted by molar-refractivity contribution is -0.124. The van der Waals surface area contributed by atoms with Gasteiger partial charge >= 0.3 is 0 Å². The number of ether oxygens (including phenoxy) is 2. The highest BCUT2D eigenvalue weighted by atomic mass is 16.7. The molecule has 1 saturated heterocycles. The Morgan fingerprint density at radius 1 is 1.36 bits per heavy atom. The molecule has 0 aromatic rings. The number of fused-ring (bicyclic) bond motifs is 1. The highest BCUT2D eigenvalue weighted by Gasteiger charge is 2.52. The summed E-state index contributed by atoms with van der Waals surface area (Å²) >= 11 is 0. The van der Waals surface area contributed by atoms with Crippen molar-refractivity contribution >= 4 is 0 Å². The minimum Gasteiger partial charge on any atom is -0.387 e. The largest absolute Gasteiger partial charge is 0.387 e. The summed E-state index contributed by atoms with van der Waals surface area (Å²) in [6.07, 6.45) is 4.50. The van der Waals surface area contributed by atoms with Crippen LogP contribution in [0.5, 0.6) is 0 Å². The SMILES string of the molecule is CCCC1OC2CCC(O)(CC)C2O1. The lowest BCUT2D eigenvalue weighted by Gasteiger charge is -2.26. The lowest BCUT2D eigenvalue weighted by atomic mass is 9.96. The van der Waals surface area contributed by atoms with Crippen LogP contribution in [0.25, 0.3) is 0 Å². The van der Waals surface area contributed by atoms with E-state index < -0.39 is 5.60 Å². The molecule has 0 spiro atoms. The molecule has 0 radical (unpaired) electrons. The third-order valence-corrected chi connectivity index (χ3v) is 3.49. The van der Waals surface area contributed by atoms with E-state index in [4.69, 9.17) is 9.47 Å². The van der Waals surface area contributed by atoms with Crippen LogP contribution in [-0.4, -0.2) is 29.2 Å². The molecule has 1 aliphatic carbocycles. The van der Waals surface area contributed by atoms with Gasteiger partial charge in [0.2, 0.25) is 0 Å². The van der Waals surface area contributed by atoms with Gasteiger partial charge in [0.25, 0.3) is 0 Å². The average Bonchev–Trinajstić information content (AvgIpc) is 2.69. The molecule has 1 N–H and O–H groups in total. The van der Waals surface area contributed by atoms with Gasteiger partial charge in [0, 0.05) is 0 Å². The zero-order chi connectivity index (χ0) is 10.2.